The molecule has 0 saturated carbocycles. The minimum Gasteiger partial charge on any atom is -0.207 e. The summed E-state index contributed by atoms with van der Waals surface area (Å²) in [5, 5.41) is 0.334. The molecule has 112 valence electrons. The lowest BCUT2D eigenvalue weighted by atomic mass is 10.0. The van der Waals surface area contributed by atoms with Crippen molar-refractivity contribution < 1.29 is 8.42 Å². The second kappa shape index (κ2) is 6.41. The molecule has 0 aromatic heterocycles. The van der Waals surface area contributed by atoms with Gasteiger partial charge in [0.25, 0.3) is 0 Å². The number of nitrogens with zero attached hydrogens (tertiary/aromatic N) is 1. The van der Waals surface area contributed by atoms with Crippen LogP contribution in [-0.4, -0.2) is 25.3 Å². The first-order valence-corrected chi connectivity index (χ1v) is 9.12. The number of benzene rings is 1. The summed E-state index contributed by atoms with van der Waals surface area (Å²) in [6, 6.07) is 2.92. The van der Waals surface area contributed by atoms with Crippen molar-refractivity contribution in [3.63, 3.8) is 0 Å². The second-order valence-electron chi connectivity index (χ2n) is 4.85. The van der Waals surface area contributed by atoms with Gasteiger partial charge in [-0.15, -0.1) is 0 Å². The molecule has 1 aliphatic rings. The SMILES string of the molecule is CCC1CCCCN1S(=O)(=O)c1ccc(Cl)c(Cl)c1Cl. The van der Waals surface area contributed by atoms with E-state index in [1.165, 1.54) is 12.1 Å². The maximum Gasteiger partial charge on any atom is 0.244 e. The zero-order valence-corrected chi connectivity index (χ0v) is 14.2. The Morgan fingerprint density at radius 3 is 2.55 bits per heavy atom. The smallest absolute Gasteiger partial charge is 0.207 e. The molecule has 0 aliphatic carbocycles. The van der Waals surface area contributed by atoms with Crippen LogP contribution in [-0.2, 0) is 10.0 Å². The molecular weight excluding hydrogens is 341 g/mol. The molecule has 0 spiro atoms. The van der Waals surface area contributed by atoms with Crippen molar-refractivity contribution in [3.8, 4) is 0 Å². The minimum atomic E-state index is -3.63. The van der Waals surface area contributed by atoms with Gasteiger partial charge in [-0.25, -0.2) is 8.42 Å². The molecule has 1 aromatic rings. The first-order valence-electron chi connectivity index (χ1n) is 6.55. The molecule has 0 amide bonds. The van der Waals surface area contributed by atoms with Crippen LogP contribution in [0.3, 0.4) is 0 Å². The first kappa shape index (κ1) is 16.4. The van der Waals surface area contributed by atoms with Crippen LogP contribution in [0.4, 0.5) is 0 Å². The normalized spacial score (nSPS) is 21.1. The summed E-state index contributed by atoms with van der Waals surface area (Å²) in [6.45, 7) is 2.52. The van der Waals surface area contributed by atoms with Crippen LogP contribution in [0.25, 0.3) is 0 Å². The molecule has 0 bridgehead atoms. The molecule has 20 heavy (non-hydrogen) atoms. The van der Waals surface area contributed by atoms with Crippen molar-refractivity contribution in [1.29, 1.82) is 0 Å². The highest BCUT2D eigenvalue weighted by molar-refractivity contribution is 7.89. The third-order valence-corrected chi connectivity index (χ3v) is 7.03. The van der Waals surface area contributed by atoms with Gasteiger partial charge >= 0.3 is 0 Å². The van der Waals surface area contributed by atoms with Gasteiger partial charge in [0.05, 0.1) is 15.1 Å². The number of piperidine rings is 1. The zero-order chi connectivity index (χ0) is 14.9. The fourth-order valence-corrected chi connectivity index (χ4v) is 5.25. The number of halogens is 3. The van der Waals surface area contributed by atoms with Crippen molar-refractivity contribution in [2.45, 2.75) is 43.5 Å². The highest BCUT2D eigenvalue weighted by Crippen LogP contribution is 2.37. The van der Waals surface area contributed by atoms with Crippen LogP contribution in [0.2, 0.25) is 15.1 Å². The zero-order valence-electron chi connectivity index (χ0n) is 11.1. The number of hydrogen-bond donors (Lipinski definition) is 0. The molecule has 0 radical (unpaired) electrons. The molecule has 3 nitrogen and oxygen atoms in total. The highest BCUT2D eigenvalue weighted by Gasteiger charge is 2.34. The maximum absolute atomic E-state index is 12.8. The summed E-state index contributed by atoms with van der Waals surface area (Å²) < 4.78 is 27.1. The first-order chi connectivity index (χ1) is 9.39. The Kier molecular flexibility index (Phi) is 5.24. The Morgan fingerprint density at radius 1 is 1.20 bits per heavy atom. The van der Waals surface area contributed by atoms with E-state index in [1.807, 2.05) is 6.92 Å². The molecule has 1 atom stereocenters. The van der Waals surface area contributed by atoms with Crippen molar-refractivity contribution in [2.75, 3.05) is 6.54 Å². The van der Waals surface area contributed by atoms with E-state index in [0.717, 1.165) is 25.7 Å². The summed E-state index contributed by atoms with van der Waals surface area (Å²) in [6.07, 6.45) is 3.60. The molecule has 1 heterocycles. The summed E-state index contributed by atoms with van der Waals surface area (Å²) in [4.78, 5) is 0.0360. The number of hydrogen-bond acceptors (Lipinski definition) is 2. The monoisotopic (exact) mass is 355 g/mol. The number of rotatable bonds is 3. The quantitative estimate of drug-likeness (QED) is 0.742. The fourth-order valence-electron chi connectivity index (χ4n) is 2.53. The Morgan fingerprint density at radius 2 is 1.90 bits per heavy atom. The van der Waals surface area contributed by atoms with E-state index in [4.69, 9.17) is 34.8 Å². The van der Waals surface area contributed by atoms with Crippen molar-refractivity contribution in [1.82, 2.24) is 4.31 Å². The molecule has 2 rings (SSSR count). The Labute approximate surface area is 134 Å². The van der Waals surface area contributed by atoms with Crippen molar-refractivity contribution in [2.24, 2.45) is 0 Å². The number of sulfonamides is 1. The molecule has 1 saturated heterocycles. The van der Waals surface area contributed by atoms with Gasteiger partial charge in [-0.2, -0.15) is 4.31 Å². The van der Waals surface area contributed by atoms with Gasteiger partial charge in [-0.3, -0.25) is 0 Å². The minimum absolute atomic E-state index is 0.000377. The van der Waals surface area contributed by atoms with Crippen LogP contribution in [0.15, 0.2) is 17.0 Å². The molecule has 1 aromatic carbocycles. The summed E-state index contributed by atoms with van der Waals surface area (Å²) in [5.41, 5.74) is 0. The van der Waals surface area contributed by atoms with Crippen molar-refractivity contribution >= 4 is 44.8 Å². The standard InChI is InChI=1S/C13H16Cl3NO2S/c1-2-9-5-3-4-8-17(9)20(18,19)11-7-6-10(14)12(15)13(11)16/h6-7,9H,2-5,8H2,1H3. The van der Waals surface area contributed by atoms with Gasteiger partial charge in [-0.05, 0) is 31.4 Å². The molecule has 1 unspecified atom stereocenters. The topological polar surface area (TPSA) is 37.4 Å². The predicted octanol–water partition coefficient (Wildman–Crippen LogP) is 4.60. The van der Waals surface area contributed by atoms with E-state index in [0.29, 0.717) is 6.54 Å². The predicted molar refractivity (Wildman–Crippen MR) is 83.3 cm³/mol. The second-order valence-corrected chi connectivity index (χ2v) is 7.87. The van der Waals surface area contributed by atoms with Crippen LogP contribution in [0.1, 0.15) is 32.6 Å². The largest absolute Gasteiger partial charge is 0.244 e. The average molecular weight is 357 g/mol. The van der Waals surface area contributed by atoms with E-state index in [9.17, 15) is 8.42 Å². The van der Waals surface area contributed by atoms with Crippen LogP contribution in [0, 0.1) is 0 Å². The van der Waals surface area contributed by atoms with E-state index in [1.54, 1.807) is 4.31 Å². The molecule has 1 aliphatic heterocycles. The van der Waals surface area contributed by atoms with Crippen LogP contribution >= 0.6 is 34.8 Å². The summed E-state index contributed by atoms with van der Waals surface area (Å²) >= 11 is 17.9. The molecule has 0 N–H and O–H groups in total. The Balaban J connectivity index is 2.47. The maximum atomic E-state index is 12.8. The Hall–Kier alpha value is -0.000000000000000167. The van der Waals surface area contributed by atoms with E-state index >= 15 is 0 Å². The van der Waals surface area contributed by atoms with Gasteiger partial charge in [0.15, 0.2) is 0 Å². The third kappa shape index (κ3) is 2.95. The van der Waals surface area contributed by atoms with E-state index in [-0.39, 0.29) is 26.0 Å². The van der Waals surface area contributed by atoms with Gasteiger partial charge < -0.3 is 0 Å². The lowest BCUT2D eigenvalue weighted by Gasteiger charge is -2.34. The van der Waals surface area contributed by atoms with Gasteiger partial charge in [0, 0.05) is 12.6 Å². The lowest BCUT2D eigenvalue weighted by molar-refractivity contribution is 0.246. The van der Waals surface area contributed by atoms with Gasteiger partial charge in [0.2, 0.25) is 10.0 Å². The lowest BCUT2D eigenvalue weighted by Crippen LogP contribution is -2.43. The molecule has 1 fully saturated rings. The third-order valence-electron chi connectivity index (χ3n) is 3.63. The average Bonchev–Trinajstić information content (AvgIpc) is 2.44. The van der Waals surface area contributed by atoms with Crippen LogP contribution < -0.4 is 0 Å². The highest BCUT2D eigenvalue weighted by atomic mass is 35.5. The summed E-state index contributed by atoms with van der Waals surface area (Å²) in [5.74, 6) is 0. The molecular formula is C13H16Cl3NO2S. The Bertz CT molecular complexity index is 604. The van der Waals surface area contributed by atoms with Gasteiger partial charge in [0.1, 0.15) is 4.90 Å². The fraction of sp³-hybridized carbons (Fsp3) is 0.538. The van der Waals surface area contributed by atoms with E-state index < -0.39 is 10.0 Å². The van der Waals surface area contributed by atoms with E-state index in [2.05, 4.69) is 0 Å². The van der Waals surface area contributed by atoms with Crippen LogP contribution in [0.5, 0.6) is 0 Å². The molecule has 7 heteroatoms. The van der Waals surface area contributed by atoms with Gasteiger partial charge in [-0.1, -0.05) is 48.1 Å². The summed E-state index contributed by atoms with van der Waals surface area (Å²) in [7, 11) is -3.63. The van der Waals surface area contributed by atoms with Crippen molar-refractivity contribution in [3.05, 3.63) is 27.2 Å².